The first kappa shape index (κ1) is 32.5. The fourth-order valence-electron chi connectivity index (χ4n) is 9.47. The zero-order valence-electron chi connectivity index (χ0n) is 28.7. The Morgan fingerprint density at radius 2 is 1.16 bits per heavy atom. The van der Waals surface area contributed by atoms with Crippen LogP contribution in [0.25, 0.3) is 11.1 Å². The highest BCUT2D eigenvalue weighted by Crippen LogP contribution is 2.67. The summed E-state index contributed by atoms with van der Waals surface area (Å²) in [5.74, 6) is -1.66. The van der Waals surface area contributed by atoms with Crippen molar-refractivity contribution in [2.45, 2.75) is 56.4 Å². The Bertz CT molecular complexity index is 2050. The molecule has 4 unspecified atom stereocenters. The van der Waals surface area contributed by atoms with E-state index in [1.54, 1.807) is 12.1 Å². The third-order valence-corrected chi connectivity index (χ3v) is 11.7. The average Bonchev–Trinajstić information content (AvgIpc) is 3.15. The zero-order valence-corrected chi connectivity index (χ0v) is 28.7. The molecule has 3 heteroatoms. The smallest absolute Gasteiger partial charge is 0.166 e. The van der Waals surface area contributed by atoms with Crippen molar-refractivity contribution in [2.75, 3.05) is 11.4 Å². The predicted octanol–water partition coefficient (Wildman–Crippen LogP) is 11.8. The van der Waals surface area contributed by atoms with Crippen LogP contribution in [-0.4, -0.2) is 6.54 Å². The van der Waals surface area contributed by atoms with Crippen molar-refractivity contribution < 1.29 is 8.78 Å². The number of halogens is 2. The molecule has 49 heavy (non-hydrogen) atoms. The van der Waals surface area contributed by atoms with Crippen molar-refractivity contribution in [3.05, 3.63) is 197 Å². The Labute approximate surface area is 289 Å². The van der Waals surface area contributed by atoms with Crippen LogP contribution < -0.4 is 4.90 Å². The molecule has 0 saturated carbocycles. The maximum Gasteiger partial charge on any atom is 0.166 e. The molecule has 0 aromatic heterocycles. The van der Waals surface area contributed by atoms with E-state index in [0.717, 1.165) is 17.7 Å². The Kier molecular flexibility index (Phi) is 8.48. The largest absolute Gasteiger partial charge is 0.360 e. The molecule has 1 nitrogen and oxygen atoms in total. The average molecular weight is 648 g/mol. The van der Waals surface area contributed by atoms with Crippen molar-refractivity contribution in [3.8, 4) is 11.1 Å². The molecule has 1 aliphatic rings. The van der Waals surface area contributed by atoms with Crippen LogP contribution in [-0.2, 0) is 16.4 Å². The van der Waals surface area contributed by atoms with E-state index in [1.165, 1.54) is 28.3 Å². The molecule has 4 atom stereocenters. The van der Waals surface area contributed by atoms with Crippen LogP contribution >= 0.6 is 0 Å². The lowest BCUT2D eigenvalue weighted by Crippen LogP contribution is -2.73. The van der Waals surface area contributed by atoms with Crippen molar-refractivity contribution in [1.82, 2.24) is 0 Å². The molecule has 0 radical (unpaired) electrons. The molecule has 1 saturated heterocycles. The van der Waals surface area contributed by atoms with Crippen molar-refractivity contribution in [2.24, 2.45) is 0 Å². The van der Waals surface area contributed by atoms with Gasteiger partial charge in [0.1, 0.15) is 0 Å². The summed E-state index contributed by atoms with van der Waals surface area (Å²) < 4.78 is 30.8. The number of aryl methyl sites for hydroxylation is 1. The third kappa shape index (κ3) is 4.93. The summed E-state index contributed by atoms with van der Waals surface area (Å²) in [6.45, 7) is 9.83. The molecule has 0 aliphatic carbocycles. The van der Waals surface area contributed by atoms with Gasteiger partial charge < -0.3 is 4.90 Å². The summed E-state index contributed by atoms with van der Waals surface area (Å²) in [4.78, 5) is 2.53. The van der Waals surface area contributed by atoms with E-state index in [4.69, 9.17) is 0 Å². The highest BCUT2D eigenvalue weighted by Gasteiger charge is 2.68. The fraction of sp³-hybridized carbons (Fsp3) is 0.217. The Hall–Kier alpha value is -5.02. The van der Waals surface area contributed by atoms with Crippen LogP contribution in [0, 0.1) is 18.6 Å². The second-order valence-electron chi connectivity index (χ2n) is 13.8. The molecule has 7 rings (SSSR count). The van der Waals surface area contributed by atoms with Gasteiger partial charge in [-0.1, -0.05) is 159 Å². The van der Waals surface area contributed by atoms with Crippen LogP contribution in [0.2, 0.25) is 0 Å². The standard InChI is InChI=1S/C46H43F2N/c1-5-46(37-25-16-9-17-26-37)44(3,35-21-12-7-13-22-35)40(34-19-10-6-11-20-34)32-49(45(46,4)36-23-14-8-15-24-36)42-30-29-33(2)31-39(42)38-27-18-28-41(47)43(38)48/h6-31,40H,5,32H2,1-4H3. The Morgan fingerprint density at radius 1 is 0.612 bits per heavy atom. The number of piperidine rings is 1. The first-order valence-electron chi connectivity index (χ1n) is 17.3. The molecule has 0 bridgehead atoms. The van der Waals surface area contributed by atoms with Gasteiger partial charge in [0.05, 0.1) is 5.54 Å². The molecule has 0 amide bonds. The van der Waals surface area contributed by atoms with Gasteiger partial charge in [-0.3, -0.25) is 0 Å². The monoisotopic (exact) mass is 647 g/mol. The second-order valence-corrected chi connectivity index (χ2v) is 13.8. The molecule has 0 spiro atoms. The highest BCUT2D eigenvalue weighted by atomic mass is 19.2. The van der Waals surface area contributed by atoms with Crippen LogP contribution in [0.5, 0.6) is 0 Å². The van der Waals surface area contributed by atoms with E-state index in [1.807, 2.05) is 13.0 Å². The lowest BCUT2D eigenvalue weighted by molar-refractivity contribution is 0.0476. The van der Waals surface area contributed by atoms with Gasteiger partial charge in [0.15, 0.2) is 11.6 Å². The third-order valence-electron chi connectivity index (χ3n) is 11.7. The molecule has 6 aromatic rings. The summed E-state index contributed by atoms with van der Waals surface area (Å²) in [6, 6.07) is 54.3. The van der Waals surface area contributed by atoms with E-state index >= 15 is 4.39 Å². The molecular formula is C46H43F2N. The first-order chi connectivity index (χ1) is 23.8. The van der Waals surface area contributed by atoms with Crippen LogP contribution in [0.4, 0.5) is 14.5 Å². The topological polar surface area (TPSA) is 3.24 Å². The summed E-state index contributed by atoms with van der Waals surface area (Å²) in [7, 11) is 0. The summed E-state index contributed by atoms with van der Waals surface area (Å²) in [6.07, 6.45) is 0.809. The molecule has 1 fully saturated rings. The van der Waals surface area contributed by atoms with Crippen LogP contribution in [0.3, 0.4) is 0 Å². The number of anilines is 1. The number of rotatable bonds is 7. The van der Waals surface area contributed by atoms with Gasteiger partial charge in [-0.15, -0.1) is 0 Å². The Balaban J connectivity index is 1.66. The van der Waals surface area contributed by atoms with E-state index < -0.39 is 28.0 Å². The van der Waals surface area contributed by atoms with Crippen molar-refractivity contribution >= 4 is 5.69 Å². The minimum Gasteiger partial charge on any atom is -0.360 e. The molecule has 6 aromatic carbocycles. The molecule has 0 N–H and O–H groups in total. The van der Waals surface area contributed by atoms with Crippen LogP contribution in [0.15, 0.2) is 158 Å². The number of benzene rings is 6. The van der Waals surface area contributed by atoms with Gasteiger partial charge in [-0.2, -0.15) is 0 Å². The van der Waals surface area contributed by atoms with Gasteiger partial charge in [0, 0.05) is 40.1 Å². The number of hydrogen-bond acceptors (Lipinski definition) is 1. The molecule has 1 heterocycles. The lowest BCUT2D eigenvalue weighted by atomic mass is 9.41. The van der Waals surface area contributed by atoms with Gasteiger partial charge >= 0.3 is 0 Å². The van der Waals surface area contributed by atoms with E-state index in [2.05, 4.69) is 159 Å². The number of hydrogen-bond donors (Lipinski definition) is 0. The highest BCUT2D eigenvalue weighted by molar-refractivity contribution is 5.81. The SMILES string of the molecule is CCC1(c2ccccc2)C(C)(c2ccccc2)C(c2ccccc2)CN(c2ccc(C)cc2-c2cccc(F)c2F)C1(C)c1ccccc1. The van der Waals surface area contributed by atoms with Gasteiger partial charge in [0.25, 0.3) is 0 Å². The quantitative estimate of drug-likeness (QED) is 0.167. The molecular weight excluding hydrogens is 605 g/mol. The number of nitrogens with zero attached hydrogens (tertiary/aromatic N) is 1. The van der Waals surface area contributed by atoms with Gasteiger partial charge in [0.2, 0.25) is 0 Å². The normalized spacial score (nSPS) is 23.7. The summed E-state index contributed by atoms with van der Waals surface area (Å²) in [5.41, 5.74) is 6.11. The predicted molar refractivity (Wildman–Crippen MR) is 199 cm³/mol. The van der Waals surface area contributed by atoms with E-state index in [0.29, 0.717) is 12.1 Å². The zero-order chi connectivity index (χ0) is 34.2. The fourth-order valence-corrected chi connectivity index (χ4v) is 9.47. The maximum absolute atomic E-state index is 15.9. The minimum absolute atomic E-state index is 0.0135. The van der Waals surface area contributed by atoms with Crippen LogP contribution in [0.1, 0.15) is 60.9 Å². The van der Waals surface area contributed by atoms with Crippen molar-refractivity contribution in [1.29, 1.82) is 0 Å². The molecule has 1 aliphatic heterocycles. The lowest BCUT2D eigenvalue weighted by Gasteiger charge is -2.69. The summed E-state index contributed by atoms with van der Waals surface area (Å²) in [5, 5.41) is 0. The Morgan fingerprint density at radius 3 is 1.76 bits per heavy atom. The van der Waals surface area contributed by atoms with E-state index in [9.17, 15) is 4.39 Å². The molecule has 246 valence electrons. The maximum atomic E-state index is 15.9. The summed E-state index contributed by atoms with van der Waals surface area (Å²) >= 11 is 0. The first-order valence-corrected chi connectivity index (χ1v) is 17.3. The van der Waals surface area contributed by atoms with Crippen molar-refractivity contribution in [3.63, 3.8) is 0 Å². The van der Waals surface area contributed by atoms with Gasteiger partial charge in [-0.05, 0) is 60.7 Å². The van der Waals surface area contributed by atoms with E-state index in [-0.39, 0.29) is 11.5 Å². The second kappa shape index (κ2) is 12.8. The van der Waals surface area contributed by atoms with Gasteiger partial charge in [-0.25, -0.2) is 8.78 Å². The minimum atomic E-state index is -0.847.